The van der Waals surface area contributed by atoms with Crippen LogP contribution in [0.5, 0.6) is 0 Å². The number of aryl methyl sites for hydroxylation is 1. The van der Waals surface area contributed by atoms with Crippen LogP contribution in [-0.4, -0.2) is 6.03 Å². The molecular formula is C16H13Cl2F3N2O. The van der Waals surface area contributed by atoms with E-state index in [0.717, 1.165) is 29.3 Å². The Morgan fingerprint density at radius 3 is 2.46 bits per heavy atom. The van der Waals surface area contributed by atoms with Crippen LogP contribution in [0.2, 0.25) is 10.0 Å². The highest BCUT2D eigenvalue weighted by Gasteiger charge is 2.31. The van der Waals surface area contributed by atoms with Gasteiger partial charge in [0, 0.05) is 11.6 Å². The molecule has 8 heteroatoms. The minimum atomic E-state index is -4.52. The van der Waals surface area contributed by atoms with Gasteiger partial charge in [-0.15, -0.1) is 0 Å². The summed E-state index contributed by atoms with van der Waals surface area (Å²) in [5.74, 6) is 0. The number of urea groups is 1. The van der Waals surface area contributed by atoms with Crippen molar-refractivity contribution in [1.29, 1.82) is 0 Å². The minimum absolute atomic E-state index is 0.0147. The second-order valence-corrected chi connectivity index (χ2v) is 5.91. The van der Waals surface area contributed by atoms with Gasteiger partial charge >= 0.3 is 12.2 Å². The number of halogens is 5. The first kappa shape index (κ1) is 18.4. The van der Waals surface area contributed by atoms with Crippen molar-refractivity contribution in [3.8, 4) is 0 Å². The van der Waals surface area contributed by atoms with E-state index in [1.807, 2.05) is 6.92 Å². The molecule has 2 amide bonds. The van der Waals surface area contributed by atoms with Gasteiger partial charge in [-0.05, 0) is 48.4 Å². The lowest BCUT2D eigenvalue weighted by molar-refractivity contribution is -0.137. The summed E-state index contributed by atoms with van der Waals surface area (Å²) in [5.41, 5.74) is 0.720. The van der Waals surface area contributed by atoms with Crippen molar-refractivity contribution in [3.63, 3.8) is 0 Å². The molecular weight excluding hydrogens is 364 g/mol. The Morgan fingerprint density at radius 1 is 1.12 bits per heavy atom. The molecule has 24 heavy (non-hydrogen) atoms. The van der Waals surface area contributed by atoms with Gasteiger partial charge in [-0.1, -0.05) is 29.3 Å². The molecule has 0 heterocycles. The number of hydrogen-bond donors (Lipinski definition) is 2. The van der Waals surface area contributed by atoms with E-state index in [2.05, 4.69) is 10.6 Å². The molecule has 0 fully saturated rings. The molecule has 0 aliphatic rings. The van der Waals surface area contributed by atoms with E-state index in [1.54, 1.807) is 18.2 Å². The van der Waals surface area contributed by atoms with Crippen LogP contribution in [0.3, 0.4) is 0 Å². The summed E-state index contributed by atoms with van der Waals surface area (Å²) in [6, 6.07) is 7.26. The number of alkyl halides is 3. The van der Waals surface area contributed by atoms with E-state index in [1.165, 1.54) is 0 Å². The first-order valence-corrected chi connectivity index (χ1v) is 7.59. The molecule has 0 spiro atoms. The second-order valence-electron chi connectivity index (χ2n) is 5.07. The highest BCUT2D eigenvalue weighted by atomic mass is 35.5. The zero-order chi connectivity index (χ0) is 17.9. The third-order valence-corrected chi connectivity index (χ3v) is 3.85. The van der Waals surface area contributed by atoms with Crippen molar-refractivity contribution in [2.75, 3.05) is 5.32 Å². The van der Waals surface area contributed by atoms with Crippen LogP contribution in [-0.2, 0) is 12.7 Å². The van der Waals surface area contributed by atoms with Crippen LogP contribution in [0.1, 0.15) is 16.7 Å². The summed E-state index contributed by atoms with van der Waals surface area (Å²) < 4.78 is 38.1. The zero-order valence-corrected chi connectivity index (χ0v) is 14.0. The topological polar surface area (TPSA) is 41.1 Å². The van der Waals surface area contributed by atoms with E-state index in [0.29, 0.717) is 5.02 Å². The Balaban J connectivity index is 2.04. The van der Waals surface area contributed by atoms with E-state index in [9.17, 15) is 18.0 Å². The zero-order valence-electron chi connectivity index (χ0n) is 12.5. The van der Waals surface area contributed by atoms with Crippen LogP contribution in [0.4, 0.5) is 23.7 Å². The number of hydrogen-bond acceptors (Lipinski definition) is 1. The molecule has 0 saturated carbocycles. The second kappa shape index (κ2) is 7.32. The molecule has 2 rings (SSSR count). The lowest BCUT2D eigenvalue weighted by atomic mass is 10.1. The number of carbonyl (C=O) groups is 1. The van der Waals surface area contributed by atoms with E-state index < -0.39 is 17.8 Å². The van der Waals surface area contributed by atoms with Gasteiger partial charge in [-0.25, -0.2) is 4.79 Å². The molecule has 0 bridgehead atoms. The maximum atomic E-state index is 12.7. The Labute approximate surface area is 146 Å². The minimum Gasteiger partial charge on any atom is -0.334 e. The van der Waals surface area contributed by atoms with Crippen molar-refractivity contribution in [2.45, 2.75) is 19.6 Å². The molecule has 2 N–H and O–H groups in total. The number of amides is 2. The fourth-order valence-corrected chi connectivity index (χ4v) is 2.39. The van der Waals surface area contributed by atoms with Gasteiger partial charge in [0.05, 0.1) is 16.3 Å². The Morgan fingerprint density at radius 2 is 1.83 bits per heavy atom. The number of rotatable bonds is 3. The Bertz CT molecular complexity index is 763. The standard InChI is InChI=1S/C16H13Cl2F3N2O/c1-9-6-12(17)4-2-10(9)8-22-15(24)23-14-7-11(16(19,20)21)3-5-13(14)18/h2-7H,8H2,1H3,(H2,22,23,24). The predicted molar refractivity (Wildman–Crippen MR) is 88.5 cm³/mol. The van der Waals surface area contributed by atoms with Gasteiger partial charge < -0.3 is 10.6 Å². The molecule has 0 aliphatic heterocycles. The SMILES string of the molecule is Cc1cc(Cl)ccc1CNC(=O)Nc1cc(C(F)(F)F)ccc1Cl. The maximum Gasteiger partial charge on any atom is 0.416 e. The monoisotopic (exact) mass is 376 g/mol. The van der Waals surface area contributed by atoms with Crippen molar-refractivity contribution in [3.05, 3.63) is 63.1 Å². The molecule has 0 aliphatic carbocycles. The van der Waals surface area contributed by atoms with Crippen molar-refractivity contribution in [1.82, 2.24) is 5.32 Å². The molecule has 0 aromatic heterocycles. The third-order valence-electron chi connectivity index (χ3n) is 3.29. The van der Waals surface area contributed by atoms with Crippen LogP contribution < -0.4 is 10.6 Å². The van der Waals surface area contributed by atoms with Gasteiger partial charge in [-0.2, -0.15) is 13.2 Å². The van der Waals surface area contributed by atoms with Gasteiger partial charge in [0.15, 0.2) is 0 Å². The van der Waals surface area contributed by atoms with Gasteiger partial charge in [0.25, 0.3) is 0 Å². The quantitative estimate of drug-likeness (QED) is 0.714. The van der Waals surface area contributed by atoms with Gasteiger partial charge in [0.2, 0.25) is 0 Å². The lowest BCUT2D eigenvalue weighted by Gasteiger charge is -2.13. The molecule has 0 atom stereocenters. The first-order chi connectivity index (χ1) is 11.2. The summed E-state index contributed by atoms with van der Waals surface area (Å²) in [6.07, 6.45) is -4.52. The number of anilines is 1. The Kier molecular flexibility index (Phi) is 5.62. The highest BCUT2D eigenvalue weighted by molar-refractivity contribution is 6.33. The first-order valence-electron chi connectivity index (χ1n) is 6.83. The molecule has 128 valence electrons. The van der Waals surface area contributed by atoms with Crippen LogP contribution in [0.15, 0.2) is 36.4 Å². The highest BCUT2D eigenvalue weighted by Crippen LogP contribution is 2.33. The largest absolute Gasteiger partial charge is 0.416 e. The normalized spacial score (nSPS) is 11.2. The smallest absolute Gasteiger partial charge is 0.334 e. The van der Waals surface area contributed by atoms with Gasteiger partial charge in [-0.3, -0.25) is 0 Å². The fraction of sp³-hybridized carbons (Fsp3) is 0.188. The van der Waals surface area contributed by atoms with E-state index in [4.69, 9.17) is 23.2 Å². The van der Waals surface area contributed by atoms with Crippen LogP contribution >= 0.6 is 23.2 Å². The summed E-state index contributed by atoms with van der Waals surface area (Å²) in [7, 11) is 0. The van der Waals surface area contributed by atoms with Gasteiger partial charge in [0.1, 0.15) is 0 Å². The summed E-state index contributed by atoms with van der Waals surface area (Å²) in [4.78, 5) is 11.9. The average molecular weight is 377 g/mol. The van der Waals surface area contributed by atoms with Crippen LogP contribution in [0.25, 0.3) is 0 Å². The molecule has 3 nitrogen and oxygen atoms in total. The molecule has 0 radical (unpaired) electrons. The van der Waals surface area contributed by atoms with E-state index >= 15 is 0 Å². The number of benzene rings is 2. The summed E-state index contributed by atoms with van der Waals surface area (Å²) >= 11 is 11.7. The lowest BCUT2D eigenvalue weighted by Crippen LogP contribution is -2.28. The van der Waals surface area contributed by atoms with E-state index in [-0.39, 0.29) is 17.3 Å². The van der Waals surface area contributed by atoms with Crippen LogP contribution in [0, 0.1) is 6.92 Å². The summed E-state index contributed by atoms with van der Waals surface area (Å²) in [6.45, 7) is 2.04. The van der Waals surface area contributed by atoms with Crippen molar-refractivity contribution < 1.29 is 18.0 Å². The molecule has 2 aromatic rings. The molecule has 2 aromatic carbocycles. The third kappa shape index (κ3) is 4.79. The summed E-state index contributed by atoms with van der Waals surface area (Å²) in [5, 5.41) is 5.47. The Hall–Kier alpha value is -1.92. The fourth-order valence-electron chi connectivity index (χ4n) is 2.00. The number of carbonyl (C=O) groups excluding carboxylic acids is 1. The molecule has 0 unspecified atom stereocenters. The maximum absolute atomic E-state index is 12.7. The average Bonchev–Trinajstić information content (AvgIpc) is 2.47. The molecule has 0 saturated heterocycles. The number of nitrogens with one attached hydrogen (secondary N) is 2. The predicted octanol–water partition coefficient (Wildman–Crippen LogP) is 5.64. The van der Waals surface area contributed by atoms with Crippen molar-refractivity contribution in [2.24, 2.45) is 0 Å². The van der Waals surface area contributed by atoms with Crippen molar-refractivity contribution >= 4 is 34.9 Å².